The zero-order valence-electron chi connectivity index (χ0n) is 19.4. The van der Waals surface area contributed by atoms with Crippen LogP contribution in [0, 0.1) is 11.3 Å². The number of anilines is 1. The van der Waals surface area contributed by atoms with E-state index >= 15 is 0 Å². The molecule has 0 radical (unpaired) electrons. The molecule has 33 heavy (non-hydrogen) atoms. The van der Waals surface area contributed by atoms with Crippen LogP contribution in [-0.4, -0.2) is 79.5 Å². The molecule has 1 N–H and O–H groups in total. The molecule has 0 spiro atoms. The van der Waals surface area contributed by atoms with Crippen molar-refractivity contribution in [3.05, 3.63) is 23.5 Å². The van der Waals surface area contributed by atoms with Crippen molar-refractivity contribution in [3.63, 3.8) is 0 Å². The number of amides is 1. The van der Waals surface area contributed by atoms with Gasteiger partial charge < -0.3 is 24.6 Å². The number of carbonyl (C=O) groups excluding carboxylic acids is 1. The van der Waals surface area contributed by atoms with Gasteiger partial charge in [-0.3, -0.25) is 4.79 Å². The lowest BCUT2D eigenvalue weighted by Gasteiger charge is -2.40. The lowest BCUT2D eigenvalue weighted by atomic mass is 9.78. The summed E-state index contributed by atoms with van der Waals surface area (Å²) in [5.74, 6) is 0.946. The molecule has 5 fully saturated rings. The summed E-state index contributed by atoms with van der Waals surface area (Å²) < 4.78 is 11.3. The van der Waals surface area contributed by atoms with Crippen LogP contribution in [0.25, 0.3) is 0 Å². The standard InChI is InChI=1S/C25H35ClN4O3/c1-32-22-15-33-8-5-21(22)28-17-9-16-3-2-6-25(16,12-17)24(31)30-14-19-10-20(30)13-29(19)18-4-7-27-23(26)11-18/h4,7,11,16-17,19-22,28H,2-3,5-6,8-10,12-15H2,1H3/t16-,17-,19+,20+,21+,22-,25-/m1/s1. The van der Waals surface area contributed by atoms with Crippen LogP contribution in [0.2, 0.25) is 5.15 Å². The molecule has 3 aliphatic heterocycles. The van der Waals surface area contributed by atoms with Crippen molar-refractivity contribution in [2.24, 2.45) is 11.3 Å². The van der Waals surface area contributed by atoms with Gasteiger partial charge in [-0.2, -0.15) is 0 Å². The number of hydrogen-bond donors (Lipinski definition) is 1. The minimum absolute atomic E-state index is 0.104. The van der Waals surface area contributed by atoms with Gasteiger partial charge >= 0.3 is 0 Å². The van der Waals surface area contributed by atoms with Crippen LogP contribution >= 0.6 is 11.6 Å². The van der Waals surface area contributed by atoms with Crippen LogP contribution in [0.1, 0.15) is 44.9 Å². The first-order chi connectivity index (χ1) is 16.1. The van der Waals surface area contributed by atoms with Gasteiger partial charge in [0.2, 0.25) is 5.91 Å². The summed E-state index contributed by atoms with van der Waals surface area (Å²) in [7, 11) is 1.77. The highest BCUT2D eigenvalue weighted by molar-refractivity contribution is 6.29. The minimum atomic E-state index is -0.166. The number of pyridine rings is 1. The molecule has 0 aromatic carbocycles. The van der Waals surface area contributed by atoms with Crippen LogP contribution in [0.3, 0.4) is 0 Å². The van der Waals surface area contributed by atoms with E-state index in [1.54, 1.807) is 13.3 Å². The second-order valence-corrected chi connectivity index (χ2v) is 11.2. The van der Waals surface area contributed by atoms with Gasteiger partial charge in [0.1, 0.15) is 5.15 Å². The van der Waals surface area contributed by atoms with Crippen molar-refractivity contribution >= 4 is 23.2 Å². The summed E-state index contributed by atoms with van der Waals surface area (Å²) in [5, 5.41) is 4.41. The Bertz CT molecular complexity index is 902. The Morgan fingerprint density at radius 1 is 1.30 bits per heavy atom. The number of likely N-dealkylation sites (tertiary alicyclic amines) is 1. The summed E-state index contributed by atoms with van der Waals surface area (Å²) in [6.07, 6.45) is 9.43. The van der Waals surface area contributed by atoms with Crippen molar-refractivity contribution in [1.82, 2.24) is 15.2 Å². The fourth-order valence-electron chi connectivity index (χ4n) is 7.65. The number of halogens is 1. The number of carbonyl (C=O) groups is 1. The van der Waals surface area contributed by atoms with Gasteiger partial charge in [-0.15, -0.1) is 0 Å². The van der Waals surface area contributed by atoms with Gasteiger partial charge in [-0.1, -0.05) is 18.0 Å². The van der Waals surface area contributed by atoms with E-state index in [1.807, 2.05) is 12.1 Å². The lowest BCUT2D eigenvalue weighted by Crippen LogP contribution is -2.54. The first kappa shape index (κ1) is 22.1. The molecule has 2 saturated carbocycles. The Balaban J connectivity index is 1.14. The zero-order chi connectivity index (χ0) is 22.6. The second kappa shape index (κ2) is 8.67. The van der Waals surface area contributed by atoms with E-state index in [4.69, 9.17) is 21.1 Å². The number of methoxy groups -OCH3 is 1. The van der Waals surface area contributed by atoms with E-state index in [1.165, 1.54) is 12.8 Å². The monoisotopic (exact) mass is 474 g/mol. The highest BCUT2D eigenvalue weighted by atomic mass is 35.5. The summed E-state index contributed by atoms with van der Waals surface area (Å²) in [5.41, 5.74) is 0.960. The summed E-state index contributed by atoms with van der Waals surface area (Å²) in [6, 6.07) is 5.38. The van der Waals surface area contributed by atoms with Gasteiger partial charge in [0.05, 0.1) is 24.2 Å². The van der Waals surface area contributed by atoms with Gasteiger partial charge in [0, 0.05) is 56.8 Å². The minimum Gasteiger partial charge on any atom is -0.379 e. The number of hydrogen-bond acceptors (Lipinski definition) is 6. The third-order valence-electron chi connectivity index (χ3n) is 9.16. The normalized spacial score (nSPS) is 39.9. The summed E-state index contributed by atoms with van der Waals surface area (Å²) in [4.78, 5) is 22.9. The van der Waals surface area contributed by atoms with Crippen molar-refractivity contribution in [2.75, 3.05) is 38.3 Å². The number of fused-ring (bicyclic) bond motifs is 3. The number of rotatable bonds is 5. The molecule has 2 aliphatic carbocycles. The van der Waals surface area contributed by atoms with E-state index in [2.05, 4.69) is 20.1 Å². The first-order valence-corrected chi connectivity index (χ1v) is 13.0. The Labute approximate surface area is 201 Å². The maximum atomic E-state index is 14.1. The number of ether oxygens (including phenoxy) is 2. The average molecular weight is 475 g/mol. The molecule has 1 aromatic rings. The van der Waals surface area contributed by atoms with E-state index in [0.717, 1.165) is 57.5 Å². The molecule has 4 heterocycles. The summed E-state index contributed by atoms with van der Waals surface area (Å²) >= 11 is 6.13. The number of nitrogens with zero attached hydrogens (tertiary/aromatic N) is 3. The van der Waals surface area contributed by atoms with Crippen LogP contribution in [0.5, 0.6) is 0 Å². The van der Waals surface area contributed by atoms with Crippen LogP contribution in [0.4, 0.5) is 5.69 Å². The lowest BCUT2D eigenvalue weighted by molar-refractivity contribution is -0.144. The van der Waals surface area contributed by atoms with Gasteiger partial charge in [0.15, 0.2) is 0 Å². The molecule has 8 heteroatoms. The molecule has 2 bridgehead atoms. The molecule has 0 unspecified atom stereocenters. The quantitative estimate of drug-likeness (QED) is 0.662. The molecular formula is C25H35ClN4O3. The topological polar surface area (TPSA) is 66.9 Å². The van der Waals surface area contributed by atoms with Gasteiger partial charge in [-0.25, -0.2) is 4.98 Å². The Kier molecular flexibility index (Phi) is 5.80. The maximum absolute atomic E-state index is 14.1. The van der Waals surface area contributed by atoms with Crippen LogP contribution < -0.4 is 10.2 Å². The smallest absolute Gasteiger partial charge is 0.229 e. The van der Waals surface area contributed by atoms with E-state index < -0.39 is 0 Å². The van der Waals surface area contributed by atoms with E-state index in [-0.39, 0.29) is 11.5 Å². The number of nitrogens with one attached hydrogen (secondary N) is 1. The number of aromatic nitrogens is 1. The molecule has 180 valence electrons. The number of piperazine rings is 1. The Hall–Kier alpha value is -1.41. The summed E-state index contributed by atoms with van der Waals surface area (Å²) in [6.45, 7) is 3.18. The molecule has 5 aliphatic rings. The Morgan fingerprint density at radius 3 is 3.00 bits per heavy atom. The molecule has 6 rings (SSSR count). The molecule has 1 amide bonds. The molecule has 3 saturated heterocycles. The van der Waals surface area contributed by atoms with Gasteiger partial charge in [0.25, 0.3) is 0 Å². The molecule has 1 aromatic heterocycles. The van der Waals surface area contributed by atoms with E-state index in [0.29, 0.717) is 47.8 Å². The van der Waals surface area contributed by atoms with Crippen molar-refractivity contribution in [2.45, 2.75) is 75.2 Å². The molecule has 7 atom stereocenters. The molecule has 7 nitrogen and oxygen atoms in total. The predicted octanol–water partition coefficient (Wildman–Crippen LogP) is 2.87. The largest absolute Gasteiger partial charge is 0.379 e. The van der Waals surface area contributed by atoms with Crippen molar-refractivity contribution in [3.8, 4) is 0 Å². The molecular weight excluding hydrogens is 440 g/mol. The Morgan fingerprint density at radius 2 is 2.21 bits per heavy atom. The zero-order valence-corrected chi connectivity index (χ0v) is 20.2. The first-order valence-electron chi connectivity index (χ1n) is 12.6. The van der Waals surface area contributed by atoms with Crippen LogP contribution in [0.15, 0.2) is 18.3 Å². The van der Waals surface area contributed by atoms with E-state index in [9.17, 15) is 4.79 Å². The van der Waals surface area contributed by atoms with Crippen molar-refractivity contribution < 1.29 is 14.3 Å². The third kappa shape index (κ3) is 3.76. The predicted molar refractivity (Wildman–Crippen MR) is 126 cm³/mol. The maximum Gasteiger partial charge on any atom is 0.229 e. The average Bonchev–Trinajstić information content (AvgIpc) is 3.58. The second-order valence-electron chi connectivity index (χ2n) is 10.8. The fourth-order valence-corrected chi connectivity index (χ4v) is 7.81. The highest BCUT2D eigenvalue weighted by Gasteiger charge is 2.59. The SMILES string of the molecule is CO[C@@H]1COCC[C@@H]1N[C@@H]1C[C@H]2CCC[C@@]2(C(=O)N2C[C@@H]3C[C@H]2CN3c2ccnc(Cl)c2)C1. The highest BCUT2D eigenvalue weighted by Crippen LogP contribution is 2.56. The third-order valence-corrected chi connectivity index (χ3v) is 9.37. The fraction of sp³-hybridized carbons (Fsp3) is 0.760. The van der Waals surface area contributed by atoms with Crippen LogP contribution in [-0.2, 0) is 14.3 Å². The van der Waals surface area contributed by atoms with Crippen molar-refractivity contribution in [1.29, 1.82) is 0 Å². The van der Waals surface area contributed by atoms with Gasteiger partial charge in [-0.05, 0) is 56.6 Å².